The molecule has 4 heteroatoms. The highest BCUT2D eigenvalue weighted by Gasteiger charge is 2.14. The molecule has 0 aliphatic heterocycles. The fourth-order valence-electron chi connectivity index (χ4n) is 1.72. The van der Waals surface area contributed by atoms with Gasteiger partial charge in [0.2, 0.25) is 0 Å². The second kappa shape index (κ2) is 6.01. The van der Waals surface area contributed by atoms with Crippen LogP contribution in [0.1, 0.15) is 17.2 Å². The van der Waals surface area contributed by atoms with Crippen molar-refractivity contribution in [1.82, 2.24) is 5.32 Å². The van der Waals surface area contributed by atoms with Crippen molar-refractivity contribution in [3.8, 4) is 11.5 Å². The summed E-state index contributed by atoms with van der Waals surface area (Å²) in [4.78, 5) is 0. The lowest BCUT2D eigenvalue weighted by atomic mass is 10.0. The Labute approximate surface area is 103 Å². The first-order valence-corrected chi connectivity index (χ1v) is 5.81. The van der Waals surface area contributed by atoms with Crippen molar-refractivity contribution in [2.45, 2.75) is 13.0 Å². The lowest BCUT2D eigenvalue weighted by Crippen LogP contribution is -2.19. The number of thiol groups is 1. The Bertz CT molecular complexity index is 351. The van der Waals surface area contributed by atoms with Crippen LogP contribution in [-0.4, -0.2) is 27.0 Å². The predicted octanol–water partition coefficient (Wildman–Crippen LogP) is 2.20. The van der Waals surface area contributed by atoms with E-state index in [2.05, 4.69) is 24.9 Å². The molecule has 1 aromatic carbocycles. The number of hydrogen-bond acceptors (Lipinski definition) is 4. The van der Waals surface area contributed by atoms with E-state index in [1.807, 2.05) is 19.2 Å². The fraction of sp³-hybridized carbons (Fsp3) is 0.500. The minimum absolute atomic E-state index is 0.225. The predicted molar refractivity (Wildman–Crippen MR) is 69.9 cm³/mol. The summed E-state index contributed by atoms with van der Waals surface area (Å²) in [7, 11) is 5.22. The smallest absolute Gasteiger partial charge is 0.161 e. The second-order valence-corrected chi connectivity index (χ2v) is 3.95. The van der Waals surface area contributed by atoms with Gasteiger partial charge in [-0.2, -0.15) is 12.6 Å². The van der Waals surface area contributed by atoms with Gasteiger partial charge >= 0.3 is 0 Å². The third-order valence-corrected chi connectivity index (χ3v) is 3.04. The van der Waals surface area contributed by atoms with Crippen LogP contribution < -0.4 is 14.8 Å². The van der Waals surface area contributed by atoms with E-state index >= 15 is 0 Å². The molecule has 1 aromatic rings. The maximum atomic E-state index is 5.29. The largest absolute Gasteiger partial charge is 0.493 e. The summed E-state index contributed by atoms with van der Waals surface area (Å²) in [5.74, 6) is 2.26. The number of ether oxygens (including phenoxy) is 2. The number of hydrogen-bond donors (Lipinski definition) is 2. The average Bonchev–Trinajstić information content (AvgIpc) is 2.32. The van der Waals surface area contributed by atoms with Crippen molar-refractivity contribution >= 4 is 12.6 Å². The molecule has 3 nitrogen and oxygen atoms in total. The topological polar surface area (TPSA) is 30.5 Å². The molecule has 1 unspecified atom stereocenters. The van der Waals surface area contributed by atoms with E-state index in [1.54, 1.807) is 14.2 Å². The number of nitrogens with one attached hydrogen (secondary N) is 1. The molecule has 0 aliphatic rings. The van der Waals surface area contributed by atoms with E-state index in [0.717, 1.165) is 17.3 Å². The van der Waals surface area contributed by atoms with Crippen molar-refractivity contribution in [3.63, 3.8) is 0 Å². The van der Waals surface area contributed by atoms with Gasteiger partial charge in [-0.15, -0.1) is 0 Å². The molecule has 0 spiro atoms. The SMILES string of the molecule is CNC(CS)c1cc(OC)c(OC)cc1C. The summed E-state index contributed by atoms with van der Waals surface area (Å²) >= 11 is 4.33. The molecule has 90 valence electrons. The van der Waals surface area contributed by atoms with Crippen molar-refractivity contribution in [2.75, 3.05) is 27.0 Å². The molecule has 0 saturated carbocycles. The molecule has 1 N–H and O–H groups in total. The van der Waals surface area contributed by atoms with Crippen LogP contribution in [0.25, 0.3) is 0 Å². The molecule has 0 radical (unpaired) electrons. The molecule has 0 heterocycles. The average molecular weight is 241 g/mol. The van der Waals surface area contributed by atoms with Crippen LogP contribution in [0.2, 0.25) is 0 Å². The number of rotatable bonds is 5. The molecule has 0 amide bonds. The van der Waals surface area contributed by atoms with E-state index in [9.17, 15) is 0 Å². The van der Waals surface area contributed by atoms with Gasteiger partial charge in [-0.25, -0.2) is 0 Å². The van der Waals surface area contributed by atoms with Gasteiger partial charge in [0.25, 0.3) is 0 Å². The Morgan fingerprint density at radius 2 is 1.81 bits per heavy atom. The molecule has 0 aromatic heterocycles. The Kier molecular flexibility index (Phi) is 4.96. The van der Waals surface area contributed by atoms with Crippen molar-refractivity contribution in [3.05, 3.63) is 23.3 Å². The van der Waals surface area contributed by atoms with Crippen LogP contribution in [0.3, 0.4) is 0 Å². The fourth-order valence-corrected chi connectivity index (χ4v) is 2.10. The zero-order chi connectivity index (χ0) is 12.1. The van der Waals surface area contributed by atoms with E-state index in [0.29, 0.717) is 0 Å². The van der Waals surface area contributed by atoms with E-state index < -0.39 is 0 Å². The Hall–Kier alpha value is -0.870. The standard InChI is InChI=1S/C12H19NO2S/c1-8-5-11(14-3)12(15-4)6-9(8)10(7-16)13-2/h5-6,10,13,16H,7H2,1-4H3. The summed E-state index contributed by atoms with van der Waals surface area (Å²) in [6.45, 7) is 2.06. The van der Waals surface area contributed by atoms with Crippen molar-refractivity contribution in [2.24, 2.45) is 0 Å². The van der Waals surface area contributed by atoms with Crippen LogP contribution in [-0.2, 0) is 0 Å². The minimum Gasteiger partial charge on any atom is -0.493 e. The maximum Gasteiger partial charge on any atom is 0.161 e. The third kappa shape index (κ3) is 2.62. The number of benzene rings is 1. The van der Waals surface area contributed by atoms with Gasteiger partial charge in [0.1, 0.15) is 0 Å². The molecule has 1 rings (SSSR count). The lowest BCUT2D eigenvalue weighted by Gasteiger charge is -2.19. The second-order valence-electron chi connectivity index (χ2n) is 3.59. The van der Waals surface area contributed by atoms with Gasteiger partial charge in [0.15, 0.2) is 11.5 Å². The number of methoxy groups -OCH3 is 2. The molecule has 0 fully saturated rings. The van der Waals surface area contributed by atoms with Crippen LogP contribution in [0, 0.1) is 6.92 Å². The highest BCUT2D eigenvalue weighted by molar-refractivity contribution is 7.80. The zero-order valence-corrected chi connectivity index (χ0v) is 11.1. The molecule has 0 saturated heterocycles. The summed E-state index contributed by atoms with van der Waals surface area (Å²) < 4.78 is 10.5. The van der Waals surface area contributed by atoms with Gasteiger partial charge in [0, 0.05) is 11.8 Å². The summed E-state index contributed by atoms with van der Waals surface area (Å²) in [6.07, 6.45) is 0. The zero-order valence-electron chi connectivity index (χ0n) is 10.2. The summed E-state index contributed by atoms with van der Waals surface area (Å²) in [6, 6.07) is 4.22. The van der Waals surface area contributed by atoms with E-state index in [4.69, 9.17) is 9.47 Å². The molecule has 16 heavy (non-hydrogen) atoms. The molecular weight excluding hydrogens is 222 g/mol. The Balaban J connectivity index is 3.19. The van der Waals surface area contributed by atoms with E-state index in [-0.39, 0.29) is 6.04 Å². The Morgan fingerprint density at radius 1 is 1.25 bits per heavy atom. The molecular formula is C12H19NO2S. The maximum absolute atomic E-state index is 5.29. The normalized spacial score (nSPS) is 12.3. The lowest BCUT2D eigenvalue weighted by molar-refractivity contribution is 0.353. The first-order chi connectivity index (χ1) is 7.67. The van der Waals surface area contributed by atoms with Gasteiger partial charge in [-0.05, 0) is 37.2 Å². The Morgan fingerprint density at radius 3 is 2.25 bits per heavy atom. The number of aryl methyl sites for hydroxylation is 1. The van der Waals surface area contributed by atoms with E-state index in [1.165, 1.54) is 11.1 Å². The minimum atomic E-state index is 0.225. The molecule has 0 bridgehead atoms. The monoisotopic (exact) mass is 241 g/mol. The summed E-state index contributed by atoms with van der Waals surface area (Å²) in [5.41, 5.74) is 2.36. The first-order valence-electron chi connectivity index (χ1n) is 5.18. The van der Waals surface area contributed by atoms with Gasteiger partial charge in [0.05, 0.1) is 14.2 Å². The van der Waals surface area contributed by atoms with Crippen molar-refractivity contribution in [1.29, 1.82) is 0 Å². The van der Waals surface area contributed by atoms with Crippen LogP contribution >= 0.6 is 12.6 Å². The highest BCUT2D eigenvalue weighted by atomic mass is 32.1. The quantitative estimate of drug-likeness (QED) is 0.775. The van der Waals surface area contributed by atoms with Gasteiger partial charge < -0.3 is 14.8 Å². The van der Waals surface area contributed by atoms with Crippen LogP contribution in [0.4, 0.5) is 0 Å². The highest BCUT2D eigenvalue weighted by Crippen LogP contribution is 2.33. The van der Waals surface area contributed by atoms with Crippen LogP contribution in [0.15, 0.2) is 12.1 Å². The van der Waals surface area contributed by atoms with Gasteiger partial charge in [-0.1, -0.05) is 0 Å². The first kappa shape index (κ1) is 13.2. The third-order valence-electron chi connectivity index (χ3n) is 2.68. The van der Waals surface area contributed by atoms with Gasteiger partial charge in [-0.3, -0.25) is 0 Å². The molecule has 1 atom stereocenters. The van der Waals surface area contributed by atoms with Crippen LogP contribution in [0.5, 0.6) is 11.5 Å². The summed E-state index contributed by atoms with van der Waals surface area (Å²) in [5, 5.41) is 3.22. The van der Waals surface area contributed by atoms with Crippen molar-refractivity contribution < 1.29 is 9.47 Å². The molecule has 0 aliphatic carbocycles.